The number of anilines is 1. The molecule has 3 aromatic rings. The highest BCUT2D eigenvalue weighted by Crippen LogP contribution is 2.32. The number of aliphatic hydroxyl groups excluding tert-OH is 3. The Hall–Kier alpha value is -3.80. The zero-order valence-electron chi connectivity index (χ0n) is 22.5. The number of rotatable bonds is 8. The van der Waals surface area contributed by atoms with Crippen LogP contribution < -0.4 is 5.73 Å². The molecule has 218 valence electrons. The molecule has 2 aliphatic rings. The molecule has 13 heteroatoms. The predicted molar refractivity (Wildman–Crippen MR) is 146 cm³/mol. The van der Waals surface area contributed by atoms with Gasteiger partial charge >= 0.3 is 6.09 Å². The number of ether oxygens (including phenoxy) is 3. The molecule has 2 aliphatic heterocycles. The van der Waals surface area contributed by atoms with Crippen molar-refractivity contribution >= 4 is 23.1 Å². The van der Waals surface area contributed by atoms with Gasteiger partial charge in [0.25, 0.3) is 0 Å². The Morgan fingerprint density at radius 2 is 1.90 bits per heavy atom. The highest BCUT2D eigenvalue weighted by Gasteiger charge is 2.44. The second-order valence-electron chi connectivity index (χ2n) is 10.1. The summed E-state index contributed by atoms with van der Waals surface area (Å²) in [7, 11) is 0. The summed E-state index contributed by atoms with van der Waals surface area (Å²) in [6, 6.07) is 9.82. The number of hydrogen-bond acceptors (Lipinski definition) is 11. The number of likely N-dealkylation sites (tertiary alicyclic amines) is 1. The van der Waals surface area contributed by atoms with E-state index in [4.69, 9.17) is 19.9 Å². The van der Waals surface area contributed by atoms with Gasteiger partial charge < -0.3 is 40.2 Å². The van der Waals surface area contributed by atoms with E-state index >= 15 is 0 Å². The third-order valence-corrected chi connectivity index (χ3v) is 7.27. The average Bonchev–Trinajstić information content (AvgIpc) is 3.54. The maximum absolute atomic E-state index is 12.4. The zero-order chi connectivity index (χ0) is 28.8. The highest BCUT2D eigenvalue weighted by atomic mass is 16.6. The lowest BCUT2D eigenvalue weighted by atomic mass is 9.94. The molecule has 41 heavy (non-hydrogen) atoms. The lowest BCUT2D eigenvalue weighted by Crippen LogP contribution is -2.39. The van der Waals surface area contributed by atoms with Crippen LogP contribution in [0.25, 0.3) is 11.2 Å². The van der Waals surface area contributed by atoms with E-state index in [9.17, 15) is 20.1 Å². The van der Waals surface area contributed by atoms with Crippen molar-refractivity contribution in [2.45, 2.75) is 50.4 Å². The van der Waals surface area contributed by atoms with Gasteiger partial charge in [0.1, 0.15) is 30.4 Å². The van der Waals surface area contributed by atoms with Crippen LogP contribution in [0.1, 0.15) is 36.9 Å². The minimum absolute atomic E-state index is 0.127. The number of fused-ring (bicyclic) bond motifs is 1. The maximum Gasteiger partial charge on any atom is 0.409 e. The van der Waals surface area contributed by atoms with Crippen LogP contribution in [0.5, 0.6) is 0 Å². The fraction of sp³-hybridized carbons (Fsp3) is 0.500. The number of aromatic nitrogens is 4. The molecule has 1 aromatic carbocycles. The third kappa shape index (κ3) is 6.75. The summed E-state index contributed by atoms with van der Waals surface area (Å²) in [5.41, 5.74) is 7.76. The molecule has 0 aliphatic carbocycles. The van der Waals surface area contributed by atoms with Crippen molar-refractivity contribution in [2.75, 3.05) is 38.6 Å². The van der Waals surface area contributed by atoms with Crippen molar-refractivity contribution in [1.29, 1.82) is 0 Å². The summed E-state index contributed by atoms with van der Waals surface area (Å²) in [6.45, 7) is 1.76. The van der Waals surface area contributed by atoms with E-state index in [2.05, 4.69) is 26.8 Å². The summed E-state index contributed by atoms with van der Waals surface area (Å²) in [4.78, 5) is 27.0. The van der Waals surface area contributed by atoms with E-state index in [-0.39, 0.29) is 24.3 Å². The number of carbonyl (C=O) groups excluding carboxylic acids is 1. The molecule has 5 rings (SSSR count). The van der Waals surface area contributed by atoms with Gasteiger partial charge in [-0.25, -0.2) is 19.7 Å². The molecule has 0 bridgehead atoms. The van der Waals surface area contributed by atoms with Gasteiger partial charge in [-0.3, -0.25) is 4.57 Å². The van der Waals surface area contributed by atoms with Crippen LogP contribution in [0.15, 0.2) is 36.7 Å². The number of aliphatic hydroxyl groups is 3. The van der Waals surface area contributed by atoms with E-state index in [1.807, 2.05) is 30.3 Å². The van der Waals surface area contributed by atoms with E-state index < -0.39 is 31.1 Å². The Morgan fingerprint density at radius 1 is 1.12 bits per heavy atom. The number of hydrogen-bond donors (Lipinski definition) is 4. The van der Waals surface area contributed by atoms with E-state index in [1.54, 1.807) is 4.90 Å². The van der Waals surface area contributed by atoms with Crippen LogP contribution in [0.4, 0.5) is 10.6 Å². The van der Waals surface area contributed by atoms with Crippen LogP contribution in [0, 0.1) is 17.8 Å². The molecular weight excluding hydrogens is 532 g/mol. The van der Waals surface area contributed by atoms with Gasteiger partial charge in [-0.2, -0.15) is 0 Å². The maximum atomic E-state index is 12.4. The van der Waals surface area contributed by atoms with Crippen molar-refractivity contribution < 1.29 is 34.3 Å². The summed E-state index contributed by atoms with van der Waals surface area (Å²) in [5, 5.41) is 29.9. The van der Waals surface area contributed by atoms with E-state index in [1.165, 1.54) is 10.9 Å². The molecule has 1 amide bonds. The third-order valence-electron chi connectivity index (χ3n) is 7.27. The largest absolute Gasteiger partial charge is 0.447 e. The first-order valence-electron chi connectivity index (χ1n) is 13.6. The summed E-state index contributed by atoms with van der Waals surface area (Å²) in [5.74, 6) is 6.70. The van der Waals surface area contributed by atoms with Crippen molar-refractivity contribution in [3.8, 4) is 11.8 Å². The van der Waals surface area contributed by atoms with Crippen molar-refractivity contribution in [2.24, 2.45) is 5.92 Å². The van der Waals surface area contributed by atoms with Gasteiger partial charge in [-0.05, 0) is 30.2 Å². The van der Waals surface area contributed by atoms with Gasteiger partial charge in [0.2, 0.25) is 5.82 Å². The van der Waals surface area contributed by atoms with Crippen LogP contribution in [-0.2, 0) is 20.8 Å². The number of imidazole rings is 1. The minimum Gasteiger partial charge on any atom is -0.447 e. The molecule has 2 aromatic heterocycles. The molecule has 0 saturated carbocycles. The molecule has 4 heterocycles. The van der Waals surface area contributed by atoms with Gasteiger partial charge in [-0.15, -0.1) is 0 Å². The zero-order valence-corrected chi connectivity index (χ0v) is 22.5. The summed E-state index contributed by atoms with van der Waals surface area (Å²) in [6.07, 6.45) is -1.21. The van der Waals surface area contributed by atoms with Crippen LogP contribution in [0.2, 0.25) is 0 Å². The van der Waals surface area contributed by atoms with Gasteiger partial charge in [0.15, 0.2) is 17.7 Å². The lowest BCUT2D eigenvalue weighted by Gasteiger charge is -2.30. The van der Waals surface area contributed by atoms with Gasteiger partial charge in [0, 0.05) is 19.5 Å². The monoisotopic (exact) mass is 566 g/mol. The Morgan fingerprint density at radius 3 is 2.63 bits per heavy atom. The minimum atomic E-state index is -1.29. The molecule has 0 spiro atoms. The number of nitrogens with zero attached hydrogens (tertiary/aromatic N) is 5. The number of benzene rings is 1. The molecule has 2 saturated heterocycles. The lowest BCUT2D eigenvalue weighted by molar-refractivity contribution is -0.0511. The molecule has 1 unspecified atom stereocenters. The fourth-order valence-electron chi connectivity index (χ4n) is 4.93. The second kappa shape index (κ2) is 13.2. The number of carbonyl (C=O) groups is 1. The second-order valence-corrected chi connectivity index (χ2v) is 10.1. The number of piperidine rings is 1. The average molecular weight is 567 g/mol. The quantitative estimate of drug-likeness (QED) is 0.224. The van der Waals surface area contributed by atoms with E-state index in [0.717, 1.165) is 18.4 Å². The number of amides is 1. The van der Waals surface area contributed by atoms with Gasteiger partial charge in [0.05, 0.1) is 26.1 Å². The Balaban J connectivity index is 1.09. The highest BCUT2D eigenvalue weighted by molar-refractivity contribution is 5.82. The SMILES string of the molecule is Nc1nc(C#CCC2CCN(C(=O)OCCOCc3ccccc3)CC2)nc2c1ncn2[C@@H]1O[C@H](CO)C(O)[C@@H]1O. The number of nitrogen functional groups attached to an aromatic ring is 1. The molecule has 0 radical (unpaired) electrons. The smallest absolute Gasteiger partial charge is 0.409 e. The van der Waals surface area contributed by atoms with Crippen molar-refractivity contribution in [3.05, 3.63) is 48.0 Å². The molecule has 5 N–H and O–H groups in total. The predicted octanol–water partition coefficient (Wildman–Crippen LogP) is 0.827. The Bertz CT molecular complexity index is 1380. The van der Waals surface area contributed by atoms with E-state index in [0.29, 0.717) is 49.8 Å². The standard InChI is InChI=1S/C28H34N6O7/c29-25-22-26(34(17-30-22)27-24(37)23(36)20(15-35)41-27)32-21(31-25)8-4-7-18-9-11-33(12-10-18)28(38)40-14-13-39-16-19-5-2-1-3-6-19/h1-3,5-6,17-18,20,23-24,27,35-37H,7,9-16H2,(H2,29,31,32)/t20-,23?,24+,27-/m1/s1. The fourth-order valence-corrected chi connectivity index (χ4v) is 4.93. The van der Waals surface area contributed by atoms with Crippen LogP contribution in [0.3, 0.4) is 0 Å². The Labute approximate surface area is 236 Å². The summed E-state index contributed by atoms with van der Waals surface area (Å²) >= 11 is 0. The summed E-state index contributed by atoms with van der Waals surface area (Å²) < 4.78 is 18.0. The van der Waals surface area contributed by atoms with Gasteiger partial charge in [-0.1, -0.05) is 36.3 Å². The van der Waals surface area contributed by atoms with Crippen LogP contribution in [-0.4, -0.2) is 97.1 Å². The molecule has 4 atom stereocenters. The first-order valence-corrected chi connectivity index (χ1v) is 13.6. The first-order chi connectivity index (χ1) is 19.9. The first kappa shape index (κ1) is 28.7. The Kier molecular flexibility index (Phi) is 9.28. The number of nitrogens with two attached hydrogens (primary N) is 1. The van der Waals surface area contributed by atoms with Crippen LogP contribution >= 0.6 is 0 Å². The van der Waals surface area contributed by atoms with Crippen molar-refractivity contribution in [1.82, 2.24) is 24.4 Å². The normalized spacial score (nSPS) is 23.0. The molecular formula is C28H34N6O7. The molecule has 2 fully saturated rings. The topological polar surface area (TPSA) is 178 Å². The molecule has 13 nitrogen and oxygen atoms in total. The van der Waals surface area contributed by atoms with Crippen molar-refractivity contribution in [3.63, 3.8) is 0 Å².